The van der Waals surface area contributed by atoms with Crippen LogP contribution >= 0.6 is 0 Å². The first-order valence-corrected chi connectivity index (χ1v) is 11.8. The third kappa shape index (κ3) is 5.51. The van der Waals surface area contributed by atoms with Gasteiger partial charge < -0.3 is 29.7 Å². The number of urea groups is 1. The molecular formula is C26H32N4O5. The van der Waals surface area contributed by atoms with E-state index in [1.807, 2.05) is 37.3 Å². The van der Waals surface area contributed by atoms with Crippen molar-refractivity contribution in [2.75, 3.05) is 58.5 Å². The van der Waals surface area contributed by atoms with Gasteiger partial charge in [-0.25, -0.2) is 9.59 Å². The highest BCUT2D eigenvalue weighted by atomic mass is 16.5. The molecular weight excluding hydrogens is 448 g/mol. The van der Waals surface area contributed by atoms with Crippen LogP contribution in [0, 0.1) is 0 Å². The highest BCUT2D eigenvalue weighted by Gasteiger charge is 2.34. The Hall–Kier alpha value is -3.72. The second-order valence-electron chi connectivity index (χ2n) is 8.35. The zero-order valence-electron chi connectivity index (χ0n) is 20.4. The second kappa shape index (κ2) is 11.1. The molecule has 0 aliphatic carbocycles. The molecule has 1 saturated heterocycles. The quantitative estimate of drug-likeness (QED) is 0.562. The lowest BCUT2D eigenvalue weighted by Crippen LogP contribution is -2.51. The Balaban J connectivity index is 1.53. The molecule has 0 bridgehead atoms. The minimum atomic E-state index is -0.614. The van der Waals surface area contributed by atoms with Crippen LogP contribution in [-0.4, -0.2) is 70.5 Å². The number of amides is 2. The van der Waals surface area contributed by atoms with Gasteiger partial charge in [-0.15, -0.1) is 0 Å². The molecule has 9 heteroatoms. The van der Waals surface area contributed by atoms with Gasteiger partial charge in [-0.3, -0.25) is 4.90 Å². The molecule has 1 fully saturated rings. The Labute approximate surface area is 205 Å². The van der Waals surface area contributed by atoms with Crippen LogP contribution in [0.5, 0.6) is 11.5 Å². The van der Waals surface area contributed by atoms with E-state index in [1.165, 1.54) is 7.11 Å². The van der Waals surface area contributed by atoms with Crippen molar-refractivity contribution in [2.24, 2.45) is 0 Å². The minimum absolute atomic E-state index is 0.349. The SMILES string of the molecule is CCOc1ccccc1N1CCN(CC2=C(C(=O)OC)C(c3ccc(OC)cc3)NC(=O)N2)CC1. The lowest BCUT2D eigenvalue weighted by Gasteiger charge is -2.38. The Kier molecular flexibility index (Phi) is 7.77. The van der Waals surface area contributed by atoms with Crippen molar-refractivity contribution in [1.82, 2.24) is 15.5 Å². The maximum atomic E-state index is 12.8. The summed E-state index contributed by atoms with van der Waals surface area (Å²) in [6.45, 7) is 6.19. The molecule has 0 saturated carbocycles. The van der Waals surface area contributed by atoms with Crippen molar-refractivity contribution < 1.29 is 23.8 Å². The first-order valence-electron chi connectivity index (χ1n) is 11.8. The number of nitrogens with one attached hydrogen (secondary N) is 2. The molecule has 2 aliphatic rings. The molecule has 2 N–H and O–H groups in total. The lowest BCUT2D eigenvalue weighted by molar-refractivity contribution is -0.136. The number of hydrogen-bond donors (Lipinski definition) is 2. The summed E-state index contributed by atoms with van der Waals surface area (Å²) in [7, 11) is 2.94. The molecule has 4 rings (SSSR count). The summed E-state index contributed by atoms with van der Waals surface area (Å²) >= 11 is 0. The summed E-state index contributed by atoms with van der Waals surface area (Å²) in [5.41, 5.74) is 2.82. The molecule has 0 radical (unpaired) electrons. The van der Waals surface area contributed by atoms with E-state index in [0.717, 1.165) is 43.2 Å². The first kappa shape index (κ1) is 24.4. The number of carbonyl (C=O) groups excluding carboxylic acids is 2. The molecule has 2 aromatic carbocycles. The van der Waals surface area contributed by atoms with Gasteiger partial charge in [0, 0.05) is 38.4 Å². The maximum Gasteiger partial charge on any atom is 0.338 e. The second-order valence-corrected chi connectivity index (χ2v) is 8.35. The highest BCUT2D eigenvalue weighted by molar-refractivity contribution is 5.95. The molecule has 0 aromatic heterocycles. The van der Waals surface area contributed by atoms with Crippen LogP contribution in [0.1, 0.15) is 18.5 Å². The predicted molar refractivity (Wildman–Crippen MR) is 133 cm³/mol. The van der Waals surface area contributed by atoms with E-state index in [9.17, 15) is 9.59 Å². The van der Waals surface area contributed by atoms with Crippen molar-refractivity contribution >= 4 is 17.7 Å². The number of hydrogen-bond acceptors (Lipinski definition) is 7. The van der Waals surface area contributed by atoms with E-state index in [1.54, 1.807) is 19.2 Å². The zero-order chi connectivity index (χ0) is 24.8. The molecule has 1 unspecified atom stereocenters. The van der Waals surface area contributed by atoms with Crippen LogP contribution in [0.4, 0.5) is 10.5 Å². The number of nitrogens with zero attached hydrogens (tertiary/aromatic N) is 2. The number of benzene rings is 2. The molecule has 1 atom stereocenters. The average molecular weight is 481 g/mol. The third-order valence-electron chi connectivity index (χ3n) is 6.27. The minimum Gasteiger partial charge on any atom is -0.497 e. The van der Waals surface area contributed by atoms with Gasteiger partial charge in [0.25, 0.3) is 0 Å². The van der Waals surface area contributed by atoms with E-state index >= 15 is 0 Å². The van der Waals surface area contributed by atoms with Gasteiger partial charge >= 0.3 is 12.0 Å². The summed E-state index contributed by atoms with van der Waals surface area (Å²) in [6, 6.07) is 14.4. The molecule has 0 spiro atoms. The van der Waals surface area contributed by atoms with Gasteiger partial charge in [0.1, 0.15) is 11.5 Å². The van der Waals surface area contributed by atoms with Gasteiger partial charge in [0.05, 0.1) is 38.1 Å². The smallest absolute Gasteiger partial charge is 0.338 e. The van der Waals surface area contributed by atoms with Crippen LogP contribution in [0.25, 0.3) is 0 Å². The van der Waals surface area contributed by atoms with E-state index in [4.69, 9.17) is 14.2 Å². The molecule has 186 valence electrons. The van der Waals surface area contributed by atoms with Gasteiger partial charge in [-0.2, -0.15) is 0 Å². The standard InChI is InChI=1S/C26H32N4O5/c1-4-35-22-8-6-5-7-21(22)30-15-13-29(14-16-30)17-20-23(25(31)34-3)24(28-26(32)27-20)18-9-11-19(33-2)12-10-18/h5-12,24H,4,13-17H2,1-3H3,(H2,27,28,32). The Morgan fingerprint density at radius 2 is 1.74 bits per heavy atom. The number of methoxy groups -OCH3 is 2. The number of piperazine rings is 1. The molecule has 2 aromatic rings. The number of para-hydroxylation sites is 2. The molecule has 2 heterocycles. The van der Waals surface area contributed by atoms with Crippen molar-refractivity contribution in [2.45, 2.75) is 13.0 Å². The van der Waals surface area contributed by atoms with Crippen LogP contribution < -0.4 is 25.0 Å². The lowest BCUT2D eigenvalue weighted by atomic mass is 9.95. The van der Waals surface area contributed by atoms with Crippen LogP contribution in [0.15, 0.2) is 59.8 Å². The van der Waals surface area contributed by atoms with Gasteiger partial charge in [0.2, 0.25) is 0 Å². The topological polar surface area (TPSA) is 92.4 Å². The van der Waals surface area contributed by atoms with E-state index < -0.39 is 12.0 Å². The number of ether oxygens (including phenoxy) is 3. The Bertz CT molecular complexity index is 1080. The average Bonchev–Trinajstić information content (AvgIpc) is 2.89. The fourth-order valence-electron chi connectivity index (χ4n) is 4.51. The van der Waals surface area contributed by atoms with Crippen molar-refractivity contribution in [3.05, 3.63) is 65.4 Å². The van der Waals surface area contributed by atoms with Crippen molar-refractivity contribution in [3.63, 3.8) is 0 Å². The molecule has 2 aliphatic heterocycles. The largest absolute Gasteiger partial charge is 0.497 e. The van der Waals surface area contributed by atoms with E-state index in [2.05, 4.69) is 26.5 Å². The Morgan fingerprint density at radius 1 is 1.03 bits per heavy atom. The maximum absolute atomic E-state index is 12.8. The molecule has 9 nitrogen and oxygen atoms in total. The highest BCUT2D eigenvalue weighted by Crippen LogP contribution is 2.31. The van der Waals surface area contributed by atoms with Gasteiger partial charge in [-0.1, -0.05) is 24.3 Å². The van der Waals surface area contributed by atoms with Gasteiger partial charge in [-0.05, 0) is 36.8 Å². The van der Waals surface area contributed by atoms with Gasteiger partial charge in [0.15, 0.2) is 0 Å². The fraction of sp³-hybridized carbons (Fsp3) is 0.385. The third-order valence-corrected chi connectivity index (χ3v) is 6.27. The summed E-state index contributed by atoms with van der Waals surface area (Å²) in [4.78, 5) is 29.9. The van der Waals surface area contributed by atoms with Crippen LogP contribution in [0.2, 0.25) is 0 Å². The van der Waals surface area contributed by atoms with Crippen LogP contribution in [-0.2, 0) is 9.53 Å². The van der Waals surface area contributed by atoms with Crippen molar-refractivity contribution in [1.29, 1.82) is 0 Å². The summed E-state index contributed by atoms with van der Waals surface area (Å²) in [6.07, 6.45) is 0. The summed E-state index contributed by atoms with van der Waals surface area (Å²) in [5, 5.41) is 5.71. The predicted octanol–water partition coefficient (Wildman–Crippen LogP) is 2.70. The zero-order valence-corrected chi connectivity index (χ0v) is 20.4. The fourth-order valence-corrected chi connectivity index (χ4v) is 4.51. The number of esters is 1. The summed E-state index contributed by atoms with van der Waals surface area (Å²) < 4.78 is 16.1. The molecule has 2 amide bonds. The number of anilines is 1. The van der Waals surface area contributed by atoms with Crippen molar-refractivity contribution in [3.8, 4) is 11.5 Å². The number of carbonyl (C=O) groups is 2. The monoisotopic (exact) mass is 480 g/mol. The number of rotatable bonds is 8. The van der Waals surface area contributed by atoms with E-state index in [0.29, 0.717) is 30.2 Å². The first-order chi connectivity index (χ1) is 17.0. The molecule has 35 heavy (non-hydrogen) atoms. The van der Waals surface area contributed by atoms with Crippen LogP contribution in [0.3, 0.4) is 0 Å². The Morgan fingerprint density at radius 3 is 2.40 bits per heavy atom. The normalized spacial score (nSPS) is 18.5. The van der Waals surface area contributed by atoms with E-state index in [-0.39, 0.29) is 6.03 Å². The summed E-state index contributed by atoms with van der Waals surface area (Å²) in [5.74, 6) is 1.10.